The zero-order chi connectivity index (χ0) is 17.7. The summed E-state index contributed by atoms with van der Waals surface area (Å²) < 4.78 is 49.3. The Kier molecular flexibility index (Phi) is 6.15. The first kappa shape index (κ1) is 18.6. The van der Waals surface area contributed by atoms with Crippen molar-refractivity contribution in [2.75, 3.05) is 26.8 Å². The van der Waals surface area contributed by atoms with Crippen molar-refractivity contribution in [3.05, 3.63) is 23.7 Å². The zero-order valence-corrected chi connectivity index (χ0v) is 13.9. The van der Waals surface area contributed by atoms with Crippen molar-refractivity contribution in [3.63, 3.8) is 0 Å². The Morgan fingerprint density at radius 3 is 2.83 bits per heavy atom. The minimum atomic E-state index is -4.28. The van der Waals surface area contributed by atoms with Gasteiger partial charge in [-0.05, 0) is 25.0 Å². The number of urea groups is 1. The van der Waals surface area contributed by atoms with E-state index in [9.17, 15) is 18.0 Å². The Balaban J connectivity index is 2.02. The van der Waals surface area contributed by atoms with Gasteiger partial charge in [-0.1, -0.05) is 6.92 Å². The van der Waals surface area contributed by atoms with Gasteiger partial charge in [-0.15, -0.1) is 0 Å². The van der Waals surface area contributed by atoms with Crippen LogP contribution in [0.25, 0.3) is 0 Å². The average molecular weight is 348 g/mol. The topological polar surface area (TPSA) is 54.7 Å². The molecule has 8 heteroatoms. The molecule has 2 heterocycles. The van der Waals surface area contributed by atoms with Gasteiger partial charge in [0.25, 0.3) is 0 Å². The first-order valence-corrected chi connectivity index (χ1v) is 8.04. The molecule has 0 unspecified atom stereocenters. The fourth-order valence-corrected chi connectivity index (χ4v) is 2.80. The Morgan fingerprint density at radius 2 is 2.25 bits per heavy atom. The molecule has 2 atom stereocenters. The lowest BCUT2D eigenvalue weighted by atomic mass is 9.98. The summed E-state index contributed by atoms with van der Waals surface area (Å²) in [7, 11) is 1.49. The monoisotopic (exact) mass is 348 g/mol. The number of nitrogens with one attached hydrogen (secondary N) is 1. The number of ether oxygens (including phenoxy) is 1. The number of alkyl halides is 3. The highest BCUT2D eigenvalue weighted by atomic mass is 19.4. The lowest BCUT2D eigenvalue weighted by Gasteiger charge is -2.34. The molecule has 136 valence electrons. The SMILES string of the molecule is CCc1ccc([C@@H](COC)NC(=O)N2CCC[C@H](C(F)(F)F)C2)o1. The Hall–Kier alpha value is -1.70. The number of aryl methyl sites for hydroxylation is 1. The number of piperidine rings is 1. The van der Waals surface area contributed by atoms with Gasteiger partial charge in [0.15, 0.2) is 0 Å². The summed E-state index contributed by atoms with van der Waals surface area (Å²) in [6.07, 6.45) is -3.16. The number of likely N-dealkylation sites (tertiary alicyclic amines) is 1. The van der Waals surface area contributed by atoms with Crippen molar-refractivity contribution in [1.29, 1.82) is 0 Å². The van der Waals surface area contributed by atoms with Crippen molar-refractivity contribution in [2.45, 2.75) is 38.4 Å². The number of hydrogen-bond acceptors (Lipinski definition) is 3. The van der Waals surface area contributed by atoms with E-state index in [-0.39, 0.29) is 19.6 Å². The number of methoxy groups -OCH3 is 1. The number of carbonyl (C=O) groups excluding carboxylic acids is 1. The number of hydrogen-bond donors (Lipinski definition) is 1. The number of furan rings is 1. The molecule has 5 nitrogen and oxygen atoms in total. The van der Waals surface area contributed by atoms with Crippen LogP contribution in [0, 0.1) is 5.92 Å². The summed E-state index contributed by atoms with van der Waals surface area (Å²) >= 11 is 0. The van der Waals surface area contributed by atoms with E-state index in [0.29, 0.717) is 25.1 Å². The fraction of sp³-hybridized carbons (Fsp3) is 0.688. The third kappa shape index (κ3) is 4.66. The quantitative estimate of drug-likeness (QED) is 0.886. The van der Waals surface area contributed by atoms with Crippen LogP contribution in [0.5, 0.6) is 0 Å². The van der Waals surface area contributed by atoms with Crippen molar-refractivity contribution in [3.8, 4) is 0 Å². The van der Waals surface area contributed by atoms with Gasteiger partial charge in [0.1, 0.15) is 17.6 Å². The molecule has 0 aliphatic carbocycles. The van der Waals surface area contributed by atoms with Crippen LogP contribution in [0.4, 0.5) is 18.0 Å². The molecular formula is C16H23F3N2O3. The van der Waals surface area contributed by atoms with Gasteiger partial charge in [-0.2, -0.15) is 13.2 Å². The van der Waals surface area contributed by atoms with Crippen LogP contribution >= 0.6 is 0 Å². The van der Waals surface area contributed by atoms with E-state index in [2.05, 4.69) is 5.32 Å². The molecule has 2 amide bonds. The molecule has 1 aliphatic heterocycles. The summed E-state index contributed by atoms with van der Waals surface area (Å²) in [4.78, 5) is 13.6. The standard InChI is InChI=1S/C16H23F3N2O3/c1-3-12-6-7-14(24-12)13(10-23-2)20-15(22)21-8-4-5-11(9-21)16(17,18)19/h6-7,11,13H,3-5,8-10H2,1-2H3,(H,20,22)/t11-,13+/m0/s1. The van der Waals surface area contributed by atoms with Crippen LogP contribution in [0.2, 0.25) is 0 Å². The van der Waals surface area contributed by atoms with Crippen LogP contribution in [0.15, 0.2) is 16.5 Å². The molecular weight excluding hydrogens is 325 g/mol. The summed E-state index contributed by atoms with van der Waals surface area (Å²) in [5, 5.41) is 2.71. The molecule has 2 rings (SSSR count). The molecule has 0 saturated carbocycles. The summed E-state index contributed by atoms with van der Waals surface area (Å²) in [5.41, 5.74) is 0. The van der Waals surface area contributed by atoms with Crippen LogP contribution in [0.3, 0.4) is 0 Å². The summed E-state index contributed by atoms with van der Waals surface area (Å²) in [5.74, 6) is -0.157. The number of amides is 2. The molecule has 1 aromatic heterocycles. The van der Waals surface area contributed by atoms with Gasteiger partial charge in [-0.3, -0.25) is 0 Å². The van der Waals surface area contributed by atoms with Gasteiger partial charge in [0.2, 0.25) is 0 Å². The molecule has 1 aliphatic rings. The largest absolute Gasteiger partial charge is 0.464 e. The van der Waals surface area contributed by atoms with Gasteiger partial charge in [0.05, 0.1) is 12.5 Å². The van der Waals surface area contributed by atoms with Crippen LogP contribution < -0.4 is 5.32 Å². The molecule has 0 radical (unpaired) electrons. The number of rotatable bonds is 5. The second kappa shape index (κ2) is 7.92. The summed E-state index contributed by atoms with van der Waals surface area (Å²) in [6, 6.07) is 2.50. The van der Waals surface area contributed by atoms with E-state index in [1.807, 2.05) is 13.0 Å². The predicted octanol–water partition coefficient (Wildman–Crippen LogP) is 3.51. The number of halogens is 3. The Labute approximate surface area is 139 Å². The zero-order valence-electron chi connectivity index (χ0n) is 13.9. The van der Waals surface area contributed by atoms with Crippen molar-refractivity contribution in [2.24, 2.45) is 5.92 Å². The predicted molar refractivity (Wildman–Crippen MR) is 81.6 cm³/mol. The molecule has 0 spiro atoms. The van der Waals surface area contributed by atoms with E-state index < -0.39 is 24.2 Å². The van der Waals surface area contributed by atoms with Crippen LogP contribution in [0.1, 0.15) is 37.3 Å². The first-order chi connectivity index (χ1) is 11.3. The Bertz CT molecular complexity index is 545. The molecule has 1 fully saturated rings. The van der Waals surface area contributed by atoms with E-state index in [1.54, 1.807) is 6.07 Å². The smallest absolute Gasteiger partial charge is 0.393 e. The normalized spacial score (nSPS) is 20.0. The van der Waals surface area contributed by atoms with Gasteiger partial charge in [0, 0.05) is 26.6 Å². The lowest BCUT2D eigenvalue weighted by Crippen LogP contribution is -2.49. The molecule has 0 bridgehead atoms. The van der Waals surface area contributed by atoms with Crippen molar-refractivity contribution in [1.82, 2.24) is 10.2 Å². The molecule has 1 aromatic rings. The highest BCUT2D eigenvalue weighted by molar-refractivity contribution is 5.74. The molecule has 1 saturated heterocycles. The van der Waals surface area contributed by atoms with E-state index in [0.717, 1.165) is 5.76 Å². The minimum Gasteiger partial charge on any atom is -0.464 e. The van der Waals surface area contributed by atoms with Crippen molar-refractivity contribution < 1.29 is 27.1 Å². The third-order valence-electron chi connectivity index (χ3n) is 4.18. The maximum Gasteiger partial charge on any atom is 0.393 e. The summed E-state index contributed by atoms with van der Waals surface area (Å²) in [6.45, 7) is 2.13. The minimum absolute atomic E-state index is 0.0623. The molecule has 0 aromatic carbocycles. The second-order valence-electron chi connectivity index (χ2n) is 5.94. The number of nitrogens with zero attached hydrogens (tertiary/aromatic N) is 1. The third-order valence-corrected chi connectivity index (χ3v) is 4.18. The average Bonchev–Trinajstić information content (AvgIpc) is 3.02. The lowest BCUT2D eigenvalue weighted by molar-refractivity contribution is -0.184. The van der Waals surface area contributed by atoms with Gasteiger partial charge < -0.3 is 19.4 Å². The van der Waals surface area contributed by atoms with Crippen LogP contribution in [-0.2, 0) is 11.2 Å². The first-order valence-electron chi connectivity index (χ1n) is 8.04. The Morgan fingerprint density at radius 1 is 1.50 bits per heavy atom. The molecule has 24 heavy (non-hydrogen) atoms. The maximum absolute atomic E-state index is 12.9. The van der Waals surface area contributed by atoms with E-state index in [1.165, 1.54) is 12.0 Å². The van der Waals surface area contributed by atoms with E-state index >= 15 is 0 Å². The fourth-order valence-electron chi connectivity index (χ4n) is 2.80. The highest BCUT2D eigenvalue weighted by Gasteiger charge is 2.42. The van der Waals surface area contributed by atoms with Gasteiger partial charge in [-0.25, -0.2) is 4.79 Å². The molecule has 1 N–H and O–H groups in total. The maximum atomic E-state index is 12.9. The highest BCUT2D eigenvalue weighted by Crippen LogP contribution is 2.33. The van der Waals surface area contributed by atoms with Crippen LogP contribution in [-0.4, -0.2) is 43.9 Å². The van der Waals surface area contributed by atoms with E-state index in [4.69, 9.17) is 9.15 Å². The van der Waals surface area contributed by atoms with Crippen molar-refractivity contribution >= 4 is 6.03 Å². The second-order valence-corrected chi connectivity index (χ2v) is 5.94. The number of carbonyl (C=O) groups is 1. The van der Waals surface area contributed by atoms with Gasteiger partial charge >= 0.3 is 12.2 Å².